The molecule has 0 aliphatic carbocycles. The number of aromatic nitrogens is 7. The van der Waals surface area contributed by atoms with Gasteiger partial charge in [-0.2, -0.15) is 4.98 Å². The Hall–Kier alpha value is -2.59. The number of hydrogen-bond donors (Lipinski definition) is 7. The number of nitrogens with two attached hydrogens (primary N) is 2. The highest BCUT2D eigenvalue weighted by molar-refractivity contribution is 8.44. The van der Waals surface area contributed by atoms with Gasteiger partial charge in [-0.1, -0.05) is 24.5 Å². The minimum Gasteiger partial charge on any atom is -0.386 e. The predicted molar refractivity (Wildman–Crippen MR) is 164 cm³/mol. The number of nitrogens with zero attached hydrogens (tertiary/aromatic N) is 6. The Balaban J connectivity index is 1.16. The largest absolute Gasteiger partial charge is 0.386 e. The number of anilines is 2. The molecule has 0 saturated carbocycles. The van der Waals surface area contributed by atoms with E-state index in [-0.39, 0.29) is 36.0 Å². The lowest BCUT2D eigenvalue weighted by Gasteiger charge is -2.25. The molecule has 24 heteroatoms. The fraction of sp³-hybridized carbons (Fsp3) is 0.500. The third-order valence-corrected chi connectivity index (χ3v) is 11.0. The summed E-state index contributed by atoms with van der Waals surface area (Å²) in [6.07, 6.45) is -6.37. The fourth-order valence-corrected chi connectivity index (χ4v) is 8.70. The van der Waals surface area contributed by atoms with Crippen LogP contribution in [0.5, 0.6) is 0 Å². The van der Waals surface area contributed by atoms with E-state index < -0.39 is 74.8 Å². The van der Waals surface area contributed by atoms with E-state index in [9.17, 15) is 24.1 Å². The van der Waals surface area contributed by atoms with Gasteiger partial charge in [0.1, 0.15) is 48.3 Å². The van der Waals surface area contributed by atoms with Crippen molar-refractivity contribution in [2.45, 2.75) is 55.5 Å². The van der Waals surface area contributed by atoms with Gasteiger partial charge in [0.05, 0.1) is 31.0 Å². The second-order valence-electron chi connectivity index (χ2n) is 10.6. The zero-order valence-corrected chi connectivity index (χ0v) is 26.8. The average molecular weight is 720 g/mol. The van der Waals surface area contributed by atoms with Gasteiger partial charge in [-0.15, -0.1) is 0 Å². The van der Waals surface area contributed by atoms with Crippen LogP contribution in [0, 0.1) is 0 Å². The minimum atomic E-state index is -4.29. The van der Waals surface area contributed by atoms with Gasteiger partial charge in [-0.25, -0.2) is 24.1 Å². The third-order valence-electron chi connectivity index (χ3n) is 7.73. The lowest BCUT2D eigenvalue weighted by atomic mass is 10.1. The number of H-pyrrole nitrogens is 1. The van der Waals surface area contributed by atoms with Crippen LogP contribution in [-0.4, -0.2) is 94.1 Å². The molecule has 0 spiro atoms. The zero-order valence-electron chi connectivity index (χ0n) is 23.2. The van der Waals surface area contributed by atoms with Crippen LogP contribution in [0.4, 0.5) is 11.8 Å². The minimum absolute atomic E-state index is 0.0195. The van der Waals surface area contributed by atoms with Crippen molar-refractivity contribution in [2.24, 2.45) is 0 Å². The van der Waals surface area contributed by atoms with Gasteiger partial charge in [0.2, 0.25) is 5.95 Å². The number of fused-ring (bicyclic) bond motifs is 4. The number of aliphatic hydroxyl groups is 2. The Morgan fingerprint density at radius 2 is 1.61 bits per heavy atom. The van der Waals surface area contributed by atoms with Crippen LogP contribution in [-0.2, 0) is 36.7 Å². The van der Waals surface area contributed by atoms with Crippen molar-refractivity contribution in [1.29, 1.82) is 0 Å². The van der Waals surface area contributed by atoms with Gasteiger partial charge in [0.25, 0.3) is 5.56 Å². The van der Waals surface area contributed by atoms with Crippen molar-refractivity contribution in [2.75, 3.05) is 24.7 Å². The summed E-state index contributed by atoms with van der Waals surface area (Å²) in [6.45, 7) is -9.37. The van der Waals surface area contributed by atoms with Crippen LogP contribution in [0.3, 0.4) is 0 Å². The van der Waals surface area contributed by atoms with Gasteiger partial charge >= 0.3 is 13.6 Å². The van der Waals surface area contributed by atoms with Gasteiger partial charge in [-0.05, 0) is 6.07 Å². The molecule has 3 saturated heterocycles. The molecule has 0 aromatic carbocycles. The van der Waals surface area contributed by atoms with Crippen molar-refractivity contribution in [3.05, 3.63) is 35.3 Å². The summed E-state index contributed by atoms with van der Waals surface area (Å²) < 4.78 is 64.1. The van der Waals surface area contributed by atoms with Crippen LogP contribution >= 0.6 is 38.1 Å². The first-order valence-corrected chi connectivity index (χ1v) is 19.0. The van der Waals surface area contributed by atoms with Crippen LogP contribution in [0.1, 0.15) is 18.9 Å². The maximum atomic E-state index is 13.5. The number of imidazole rings is 1. The number of hydrogen-bond acceptors (Lipinski definition) is 17. The number of ether oxygens (including phenoxy) is 2. The Bertz CT molecular complexity index is 1960. The SMILES string of the molecule is Nc1nc2c(ncn2[C@@H]2O[C@@H]3CO[P@@](=O)(S)O[C@@H]4C(CCO[P@@](=O)(S)O[C@H]3[C@H]2O)O[C@@H](n2ccc3c(N)ncnc32)[C@@H]4O)c(=O)[nH]1. The standard InChI is InChI=1S/C22H27N9O11P2S2/c23-16-8-1-3-30(17(8)26-6-25-16)20-12(32)14-9(39-20)2-4-37-43(35,45)42-15-10(5-38-44(36,46)41-14)40-21(13(15)33)31-7-27-11-18(31)28-22(24)29-19(11)34/h1,3,6-7,9-10,12-15,20-21,32-33H,2,4-5H2,(H,35,45)(H,36,46)(H2,23,25,26)(H3,24,28,29,34)/t9?,10-,12-,13-,14-,15-,20-,21-,43-,44-/m1/s1. The highest BCUT2D eigenvalue weighted by Crippen LogP contribution is 2.59. The van der Waals surface area contributed by atoms with Crippen molar-refractivity contribution in [1.82, 2.24) is 34.1 Å². The van der Waals surface area contributed by atoms with E-state index in [1.165, 1.54) is 21.8 Å². The molecule has 7 heterocycles. The Kier molecular flexibility index (Phi) is 8.22. The zero-order chi connectivity index (χ0) is 32.5. The molecule has 0 radical (unpaired) electrons. The second-order valence-corrected chi connectivity index (χ2v) is 16.4. The molecular weight excluding hydrogens is 692 g/mol. The molecule has 4 aromatic heterocycles. The van der Waals surface area contributed by atoms with E-state index in [1.807, 2.05) is 0 Å². The maximum absolute atomic E-state index is 13.5. The molecule has 0 bridgehead atoms. The van der Waals surface area contributed by atoms with E-state index in [0.717, 1.165) is 0 Å². The number of thiol groups is 2. The molecule has 3 aliphatic rings. The number of aliphatic hydroxyl groups excluding tert-OH is 2. The van der Waals surface area contributed by atoms with Crippen LogP contribution in [0.25, 0.3) is 22.2 Å². The number of aromatic amines is 1. The number of rotatable bonds is 2. The smallest absolute Gasteiger partial charge is 0.386 e. The molecule has 248 valence electrons. The van der Waals surface area contributed by atoms with Crippen molar-refractivity contribution in [3.63, 3.8) is 0 Å². The summed E-state index contributed by atoms with van der Waals surface area (Å²) in [7, 11) is 0. The average Bonchev–Trinajstić information content (AvgIpc) is 3.74. The van der Waals surface area contributed by atoms with E-state index in [4.69, 9.17) is 39.0 Å². The Morgan fingerprint density at radius 1 is 0.935 bits per heavy atom. The van der Waals surface area contributed by atoms with Crippen molar-refractivity contribution >= 4 is 72.1 Å². The molecule has 7 rings (SSSR count). The van der Waals surface area contributed by atoms with Crippen LogP contribution in [0.15, 0.2) is 29.7 Å². The van der Waals surface area contributed by atoms with Gasteiger partial charge < -0.3 is 40.2 Å². The lowest BCUT2D eigenvalue weighted by Crippen LogP contribution is -2.36. The molecule has 1 unspecified atom stereocenters. The molecular formula is C22H27N9O11P2S2. The molecule has 46 heavy (non-hydrogen) atoms. The monoisotopic (exact) mass is 719 g/mol. The topological polar surface area (TPSA) is 276 Å². The quantitative estimate of drug-likeness (QED) is 0.110. The predicted octanol–water partition coefficient (Wildman–Crippen LogP) is 0.529. The highest BCUT2D eigenvalue weighted by atomic mass is 32.7. The molecule has 10 atom stereocenters. The van der Waals surface area contributed by atoms with E-state index in [0.29, 0.717) is 11.0 Å². The van der Waals surface area contributed by atoms with E-state index in [1.54, 1.807) is 12.3 Å². The molecule has 20 nitrogen and oxygen atoms in total. The summed E-state index contributed by atoms with van der Waals surface area (Å²) in [4.78, 5) is 30.9. The fourth-order valence-electron chi connectivity index (χ4n) is 5.67. The Morgan fingerprint density at radius 3 is 2.37 bits per heavy atom. The van der Waals surface area contributed by atoms with E-state index >= 15 is 0 Å². The third kappa shape index (κ3) is 5.75. The Labute approximate surface area is 268 Å². The summed E-state index contributed by atoms with van der Waals surface area (Å²) >= 11 is 8.18. The van der Waals surface area contributed by atoms with Crippen molar-refractivity contribution < 1.29 is 46.9 Å². The van der Waals surface area contributed by atoms with Gasteiger partial charge in [0.15, 0.2) is 23.6 Å². The molecule has 4 aromatic rings. The first kappa shape index (κ1) is 32.0. The first-order chi connectivity index (χ1) is 21.8. The lowest BCUT2D eigenvalue weighted by molar-refractivity contribution is -0.0496. The molecule has 3 aliphatic heterocycles. The number of nitrogen functional groups attached to an aromatic ring is 2. The maximum Gasteiger partial charge on any atom is 0.386 e. The highest BCUT2D eigenvalue weighted by Gasteiger charge is 2.52. The summed E-state index contributed by atoms with van der Waals surface area (Å²) in [5, 5.41) is 23.1. The normalized spacial score (nSPS) is 37.4. The van der Waals surface area contributed by atoms with Crippen LogP contribution < -0.4 is 17.0 Å². The van der Waals surface area contributed by atoms with E-state index in [2.05, 4.69) is 49.4 Å². The van der Waals surface area contributed by atoms with Gasteiger partial charge in [0, 0.05) is 12.6 Å². The molecule has 7 N–H and O–H groups in total. The second kappa shape index (κ2) is 11.8. The summed E-state index contributed by atoms with van der Waals surface area (Å²) in [5.41, 5.74) is 11.3. The van der Waals surface area contributed by atoms with Crippen molar-refractivity contribution in [3.8, 4) is 0 Å². The van der Waals surface area contributed by atoms with Gasteiger partial charge in [-0.3, -0.25) is 27.9 Å². The first-order valence-electron chi connectivity index (χ1n) is 13.6. The number of nitrogens with one attached hydrogen (secondary N) is 1. The summed E-state index contributed by atoms with van der Waals surface area (Å²) in [6, 6.07) is 1.65. The molecule has 0 amide bonds. The van der Waals surface area contributed by atoms with Crippen LogP contribution in [0.2, 0.25) is 0 Å². The summed E-state index contributed by atoms with van der Waals surface area (Å²) in [5.74, 6) is 0.00703. The molecule has 3 fully saturated rings.